The number of alkyl halides is 2. The van der Waals surface area contributed by atoms with Gasteiger partial charge in [0.15, 0.2) is 12.6 Å². The summed E-state index contributed by atoms with van der Waals surface area (Å²) in [5.74, 6) is 0.355. The average molecular weight is 306 g/mol. The van der Waals surface area contributed by atoms with Crippen LogP contribution in [0.2, 0.25) is 0 Å². The molecule has 0 unspecified atom stereocenters. The van der Waals surface area contributed by atoms with E-state index in [0.717, 1.165) is 5.69 Å². The highest BCUT2D eigenvalue weighted by Crippen LogP contribution is 2.16. The SMILES string of the molecule is NC(=NCc1cccnc1OCC(F)F)Nc1ccccc1. The molecule has 0 aliphatic carbocycles. The predicted molar refractivity (Wildman–Crippen MR) is 81.1 cm³/mol. The van der Waals surface area contributed by atoms with Crippen molar-refractivity contribution in [3.63, 3.8) is 0 Å². The Kier molecular flexibility index (Phi) is 5.65. The summed E-state index contributed by atoms with van der Waals surface area (Å²) in [5.41, 5.74) is 7.18. The first-order valence-corrected chi connectivity index (χ1v) is 6.62. The van der Waals surface area contributed by atoms with Crippen molar-refractivity contribution in [3.05, 3.63) is 54.2 Å². The number of rotatable bonds is 6. The van der Waals surface area contributed by atoms with E-state index in [1.54, 1.807) is 12.1 Å². The molecule has 5 nitrogen and oxygen atoms in total. The minimum absolute atomic E-state index is 0.138. The molecule has 1 aromatic carbocycles. The zero-order chi connectivity index (χ0) is 15.8. The van der Waals surface area contributed by atoms with Gasteiger partial charge in [-0.1, -0.05) is 24.3 Å². The summed E-state index contributed by atoms with van der Waals surface area (Å²) in [4.78, 5) is 8.08. The normalized spacial score (nSPS) is 11.5. The van der Waals surface area contributed by atoms with Crippen LogP contribution in [0.4, 0.5) is 14.5 Å². The van der Waals surface area contributed by atoms with Crippen molar-refractivity contribution in [2.75, 3.05) is 11.9 Å². The third-order valence-corrected chi connectivity index (χ3v) is 2.66. The summed E-state index contributed by atoms with van der Waals surface area (Å²) in [6.45, 7) is -0.524. The van der Waals surface area contributed by atoms with Crippen molar-refractivity contribution in [2.45, 2.75) is 13.0 Å². The standard InChI is InChI=1S/C15H16F2N4O/c16-13(17)10-22-14-11(5-4-8-19-14)9-20-15(18)21-12-6-2-1-3-7-12/h1-8,13H,9-10H2,(H3,18,20,21). The maximum absolute atomic E-state index is 12.2. The van der Waals surface area contributed by atoms with Gasteiger partial charge in [-0.05, 0) is 18.2 Å². The highest BCUT2D eigenvalue weighted by Gasteiger charge is 2.08. The summed E-state index contributed by atoms with van der Waals surface area (Å²) in [7, 11) is 0. The van der Waals surface area contributed by atoms with Crippen LogP contribution in [0.25, 0.3) is 0 Å². The molecule has 0 aliphatic rings. The van der Waals surface area contributed by atoms with E-state index in [-0.39, 0.29) is 18.4 Å². The molecule has 0 fully saturated rings. The lowest BCUT2D eigenvalue weighted by atomic mass is 10.3. The van der Waals surface area contributed by atoms with Crippen LogP contribution in [-0.4, -0.2) is 24.0 Å². The van der Waals surface area contributed by atoms with Crippen LogP contribution in [0.5, 0.6) is 5.88 Å². The van der Waals surface area contributed by atoms with E-state index < -0.39 is 13.0 Å². The monoisotopic (exact) mass is 306 g/mol. The fourth-order valence-corrected chi connectivity index (χ4v) is 1.70. The van der Waals surface area contributed by atoms with Gasteiger partial charge in [0.2, 0.25) is 5.88 Å². The van der Waals surface area contributed by atoms with Gasteiger partial charge in [-0.2, -0.15) is 0 Å². The number of anilines is 1. The molecule has 116 valence electrons. The largest absolute Gasteiger partial charge is 0.471 e. The van der Waals surface area contributed by atoms with E-state index >= 15 is 0 Å². The van der Waals surface area contributed by atoms with Crippen LogP contribution in [0.3, 0.4) is 0 Å². The Hall–Kier alpha value is -2.70. The number of pyridine rings is 1. The van der Waals surface area contributed by atoms with Crippen LogP contribution >= 0.6 is 0 Å². The molecule has 2 aromatic rings. The first-order chi connectivity index (χ1) is 10.6. The fourth-order valence-electron chi connectivity index (χ4n) is 1.70. The molecular weight excluding hydrogens is 290 g/mol. The van der Waals surface area contributed by atoms with E-state index in [0.29, 0.717) is 5.56 Å². The van der Waals surface area contributed by atoms with Gasteiger partial charge in [-0.15, -0.1) is 0 Å². The van der Waals surface area contributed by atoms with E-state index in [2.05, 4.69) is 15.3 Å². The lowest BCUT2D eigenvalue weighted by Crippen LogP contribution is -2.22. The second-order valence-electron chi connectivity index (χ2n) is 4.36. The van der Waals surface area contributed by atoms with Gasteiger partial charge in [0.1, 0.15) is 0 Å². The van der Waals surface area contributed by atoms with E-state index in [4.69, 9.17) is 10.5 Å². The topological polar surface area (TPSA) is 72.5 Å². The molecule has 22 heavy (non-hydrogen) atoms. The molecular formula is C15H16F2N4O. The van der Waals surface area contributed by atoms with E-state index in [1.165, 1.54) is 6.20 Å². The minimum Gasteiger partial charge on any atom is -0.471 e. The van der Waals surface area contributed by atoms with E-state index in [1.807, 2.05) is 30.3 Å². The number of halogens is 2. The Morgan fingerprint density at radius 2 is 2.00 bits per heavy atom. The molecule has 0 aliphatic heterocycles. The molecule has 1 aromatic heterocycles. The third-order valence-electron chi connectivity index (χ3n) is 2.66. The lowest BCUT2D eigenvalue weighted by Gasteiger charge is -2.09. The third kappa shape index (κ3) is 5.01. The highest BCUT2D eigenvalue weighted by atomic mass is 19.3. The number of nitrogens with one attached hydrogen (secondary N) is 1. The molecule has 3 N–H and O–H groups in total. The van der Waals surface area contributed by atoms with Crippen LogP contribution in [0, 0.1) is 0 Å². The summed E-state index contributed by atoms with van der Waals surface area (Å²) < 4.78 is 29.4. The number of nitrogens with two attached hydrogens (primary N) is 1. The smallest absolute Gasteiger partial charge is 0.272 e. The quantitative estimate of drug-likeness (QED) is 0.635. The van der Waals surface area contributed by atoms with Crippen LogP contribution in [-0.2, 0) is 6.54 Å². The Morgan fingerprint density at radius 1 is 1.23 bits per heavy atom. The van der Waals surface area contributed by atoms with Crippen molar-refractivity contribution in [3.8, 4) is 5.88 Å². The fraction of sp³-hybridized carbons (Fsp3) is 0.200. The molecule has 0 spiro atoms. The first-order valence-electron chi connectivity index (χ1n) is 6.62. The van der Waals surface area contributed by atoms with Gasteiger partial charge in [0, 0.05) is 17.4 Å². The molecule has 7 heteroatoms. The predicted octanol–water partition coefficient (Wildman–Crippen LogP) is 2.65. The van der Waals surface area contributed by atoms with Crippen LogP contribution < -0.4 is 15.8 Å². The maximum Gasteiger partial charge on any atom is 0.272 e. The van der Waals surface area contributed by atoms with Crippen LogP contribution in [0.15, 0.2) is 53.7 Å². The second kappa shape index (κ2) is 7.92. The van der Waals surface area contributed by atoms with Gasteiger partial charge >= 0.3 is 0 Å². The summed E-state index contributed by atoms with van der Waals surface area (Å²) in [6.07, 6.45) is -1.08. The van der Waals surface area contributed by atoms with Crippen molar-refractivity contribution in [1.82, 2.24) is 4.98 Å². The molecule has 0 saturated heterocycles. The number of aromatic nitrogens is 1. The Balaban J connectivity index is 1.99. The average Bonchev–Trinajstić information content (AvgIpc) is 2.52. The van der Waals surface area contributed by atoms with Gasteiger partial charge in [-0.25, -0.2) is 18.8 Å². The van der Waals surface area contributed by atoms with Gasteiger partial charge in [0.05, 0.1) is 6.54 Å². The number of hydrogen-bond donors (Lipinski definition) is 2. The molecule has 1 heterocycles. The Labute approximate surface area is 126 Å². The van der Waals surface area contributed by atoms with Crippen molar-refractivity contribution in [2.24, 2.45) is 10.7 Å². The number of aliphatic imine (C=N–C) groups is 1. The first kappa shape index (κ1) is 15.7. The molecule has 0 atom stereocenters. The van der Waals surface area contributed by atoms with Gasteiger partial charge < -0.3 is 15.8 Å². The van der Waals surface area contributed by atoms with Crippen LogP contribution in [0.1, 0.15) is 5.56 Å². The molecule has 0 amide bonds. The summed E-state index contributed by atoms with van der Waals surface area (Å²) in [5, 5.41) is 2.93. The second-order valence-corrected chi connectivity index (χ2v) is 4.36. The molecule has 2 rings (SSSR count). The van der Waals surface area contributed by atoms with Crippen molar-refractivity contribution < 1.29 is 13.5 Å². The summed E-state index contributed by atoms with van der Waals surface area (Å²) >= 11 is 0. The van der Waals surface area contributed by atoms with Gasteiger partial charge in [0.25, 0.3) is 6.43 Å². The molecule has 0 radical (unpaired) electrons. The number of ether oxygens (including phenoxy) is 1. The summed E-state index contributed by atoms with van der Waals surface area (Å²) in [6, 6.07) is 12.7. The zero-order valence-electron chi connectivity index (χ0n) is 11.7. The Morgan fingerprint density at radius 3 is 2.73 bits per heavy atom. The number of guanidine groups is 1. The van der Waals surface area contributed by atoms with Crippen molar-refractivity contribution in [1.29, 1.82) is 0 Å². The lowest BCUT2D eigenvalue weighted by molar-refractivity contribution is 0.0791. The minimum atomic E-state index is -2.55. The Bertz CT molecular complexity index is 620. The number of hydrogen-bond acceptors (Lipinski definition) is 3. The van der Waals surface area contributed by atoms with Crippen molar-refractivity contribution >= 4 is 11.6 Å². The zero-order valence-corrected chi connectivity index (χ0v) is 11.7. The number of benzene rings is 1. The van der Waals surface area contributed by atoms with Gasteiger partial charge in [-0.3, -0.25) is 0 Å². The maximum atomic E-state index is 12.2. The molecule has 0 saturated carbocycles. The number of para-hydroxylation sites is 1. The van der Waals surface area contributed by atoms with E-state index in [9.17, 15) is 8.78 Å². The number of nitrogens with zero attached hydrogens (tertiary/aromatic N) is 2. The molecule has 0 bridgehead atoms. The highest BCUT2D eigenvalue weighted by molar-refractivity contribution is 5.92.